The van der Waals surface area contributed by atoms with Gasteiger partial charge in [-0.15, -0.1) is 0 Å². The molecule has 1 rings (SSSR count). The van der Waals surface area contributed by atoms with Gasteiger partial charge in [0.05, 0.1) is 11.5 Å². The first-order valence-electron chi connectivity index (χ1n) is 5.83. The van der Waals surface area contributed by atoms with Crippen LogP contribution in [-0.2, 0) is 16.0 Å². The van der Waals surface area contributed by atoms with Gasteiger partial charge in [-0.2, -0.15) is 0 Å². The topological polar surface area (TPSA) is 119 Å². The van der Waals surface area contributed by atoms with E-state index in [1.165, 1.54) is 24.3 Å². The zero-order valence-corrected chi connectivity index (χ0v) is 10.7. The van der Waals surface area contributed by atoms with Gasteiger partial charge < -0.3 is 15.2 Å². The normalized spacial score (nSPS) is 11.4. The fourth-order valence-corrected chi connectivity index (χ4v) is 1.50. The Morgan fingerprint density at radius 2 is 2.00 bits per heavy atom. The molecule has 0 saturated carbocycles. The molecule has 0 aliphatic carbocycles. The van der Waals surface area contributed by atoms with Crippen LogP contribution in [0.25, 0.3) is 0 Å². The minimum Gasteiger partial charge on any atom is -0.480 e. The van der Waals surface area contributed by atoms with E-state index >= 15 is 0 Å². The van der Waals surface area contributed by atoms with Crippen LogP contribution in [0.3, 0.4) is 0 Å². The summed E-state index contributed by atoms with van der Waals surface area (Å²) in [4.78, 5) is 32.2. The first-order valence-corrected chi connectivity index (χ1v) is 5.83. The highest BCUT2D eigenvalue weighted by atomic mass is 16.6. The molecule has 0 radical (unpaired) electrons. The molecule has 8 heteroatoms. The lowest BCUT2D eigenvalue weighted by molar-refractivity contribution is -0.384. The third-order valence-corrected chi connectivity index (χ3v) is 2.45. The van der Waals surface area contributed by atoms with Gasteiger partial charge in [0.1, 0.15) is 6.04 Å². The highest BCUT2D eigenvalue weighted by Gasteiger charge is 2.21. The summed E-state index contributed by atoms with van der Waals surface area (Å²) < 4.78 is 4.61. The molecule has 0 aliphatic heterocycles. The van der Waals surface area contributed by atoms with Crippen LogP contribution in [0.4, 0.5) is 10.5 Å². The number of rotatable bonds is 6. The predicted octanol–water partition coefficient (Wildman–Crippen LogP) is 1.34. The molecule has 0 saturated heterocycles. The minimum atomic E-state index is -1.21. The largest absolute Gasteiger partial charge is 0.480 e. The number of nitro groups is 1. The summed E-state index contributed by atoms with van der Waals surface area (Å²) in [6, 6.07) is 4.29. The lowest BCUT2D eigenvalue weighted by atomic mass is 10.1. The number of carboxylic acid groups (broad SMARTS) is 1. The first kappa shape index (κ1) is 15.4. The monoisotopic (exact) mass is 282 g/mol. The van der Waals surface area contributed by atoms with E-state index in [0.717, 1.165) is 0 Å². The number of aliphatic carboxylic acids is 1. The van der Waals surface area contributed by atoms with E-state index in [-0.39, 0.29) is 18.7 Å². The van der Waals surface area contributed by atoms with Crippen molar-refractivity contribution in [3.05, 3.63) is 39.9 Å². The number of carbonyl (C=O) groups is 2. The van der Waals surface area contributed by atoms with E-state index in [4.69, 9.17) is 5.11 Å². The number of carbonyl (C=O) groups excluding carboxylic acids is 1. The summed E-state index contributed by atoms with van der Waals surface area (Å²) in [5.74, 6) is -1.21. The summed E-state index contributed by atoms with van der Waals surface area (Å²) in [5, 5.41) is 21.7. The number of ether oxygens (including phenoxy) is 1. The van der Waals surface area contributed by atoms with Crippen molar-refractivity contribution in [2.24, 2.45) is 0 Å². The maximum atomic E-state index is 11.2. The second-order valence-corrected chi connectivity index (χ2v) is 3.88. The average molecular weight is 282 g/mol. The second kappa shape index (κ2) is 7.07. The minimum absolute atomic E-state index is 0.00609. The van der Waals surface area contributed by atoms with Crippen molar-refractivity contribution in [1.29, 1.82) is 0 Å². The SMILES string of the molecule is CCOC(=O)NC(Cc1ccc([N+](=O)[O-])cc1)C(=O)O. The van der Waals surface area contributed by atoms with Crippen LogP contribution in [0.5, 0.6) is 0 Å². The molecule has 0 aromatic heterocycles. The molecule has 1 unspecified atom stereocenters. The van der Waals surface area contributed by atoms with Crippen LogP contribution in [0, 0.1) is 10.1 Å². The maximum absolute atomic E-state index is 11.2. The quantitative estimate of drug-likeness (QED) is 0.600. The zero-order chi connectivity index (χ0) is 15.1. The van der Waals surface area contributed by atoms with Crippen molar-refractivity contribution in [3.63, 3.8) is 0 Å². The van der Waals surface area contributed by atoms with Crippen LogP contribution in [-0.4, -0.2) is 34.7 Å². The van der Waals surface area contributed by atoms with Crippen LogP contribution >= 0.6 is 0 Å². The number of amides is 1. The maximum Gasteiger partial charge on any atom is 0.407 e. The lowest BCUT2D eigenvalue weighted by Gasteiger charge is -2.14. The molecule has 1 amide bonds. The number of alkyl carbamates (subject to hydrolysis) is 1. The van der Waals surface area contributed by atoms with Crippen molar-refractivity contribution in [2.45, 2.75) is 19.4 Å². The highest BCUT2D eigenvalue weighted by molar-refractivity contribution is 5.80. The number of nitrogens with zero attached hydrogens (tertiary/aromatic N) is 1. The Labute approximate surface area is 114 Å². The van der Waals surface area contributed by atoms with Gasteiger partial charge in [-0.05, 0) is 12.5 Å². The summed E-state index contributed by atoms with van der Waals surface area (Å²) >= 11 is 0. The van der Waals surface area contributed by atoms with Gasteiger partial charge in [-0.1, -0.05) is 12.1 Å². The summed E-state index contributed by atoms with van der Waals surface area (Å²) in [7, 11) is 0. The van der Waals surface area contributed by atoms with E-state index in [1.54, 1.807) is 6.92 Å². The fraction of sp³-hybridized carbons (Fsp3) is 0.333. The standard InChI is InChI=1S/C12H14N2O6/c1-2-20-12(17)13-10(11(15)16)7-8-3-5-9(6-4-8)14(18)19/h3-6,10H,2,7H2,1H3,(H,13,17)(H,15,16). The summed E-state index contributed by atoms with van der Waals surface area (Å²) in [6.07, 6.45) is -0.812. The van der Waals surface area contributed by atoms with Gasteiger partial charge in [-0.3, -0.25) is 10.1 Å². The van der Waals surface area contributed by atoms with Gasteiger partial charge in [0, 0.05) is 18.6 Å². The van der Waals surface area contributed by atoms with E-state index in [2.05, 4.69) is 10.1 Å². The molecule has 20 heavy (non-hydrogen) atoms. The summed E-state index contributed by atoms with van der Waals surface area (Å²) in [6.45, 7) is 1.74. The Morgan fingerprint density at radius 1 is 1.40 bits per heavy atom. The number of hydrogen-bond donors (Lipinski definition) is 2. The van der Waals surface area contributed by atoms with Crippen LogP contribution in [0.15, 0.2) is 24.3 Å². The molecule has 8 nitrogen and oxygen atoms in total. The van der Waals surface area contributed by atoms with E-state index in [1.807, 2.05) is 0 Å². The van der Waals surface area contributed by atoms with Crippen LogP contribution < -0.4 is 5.32 Å². The van der Waals surface area contributed by atoms with Crippen LogP contribution in [0.2, 0.25) is 0 Å². The zero-order valence-electron chi connectivity index (χ0n) is 10.7. The molecule has 0 fully saturated rings. The molecule has 108 valence electrons. The molecule has 1 aromatic rings. The molecule has 0 aliphatic rings. The fourth-order valence-electron chi connectivity index (χ4n) is 1.50. The molecule has 1 aromatic carbocycles. The number of hydrogen-bond acceptors (Lipinski definition) is 5. The molecule has 1 atom stereocenters. The number of carboxylic acids is 1. The third kappa shape index (κ3) is 4.56. The van der Waals surface area contributed by atoms with Gasteiger partial charge >= 0.3 is 12.1 Å². The van der Waals surface area contributed by atoms with Crippen molar-refractivity contribution < 1.29 is 24.4 Å². The molecule has 0 bridgehead atoms. The van der Waals surface area contributed by atoms with Crippen molar-refractivity contribution in [2.75, 3.05) is 6.61 Å². The Bertz CT molecular complexity index is 499. The number of nitrogens with one attached hydrogen (secondary N) is 1. The van der Waals surface area contributed by atoms with Gasteiger partial charge in [0.25, 0.3) is 5.69 Å². The molecular weight excluding hydrogens is 268 g/mol. The van der Waals surface area contributed by atoms with Gasteiger partial charge in [-0.25, -0.2) is 9.59 Å². The Hall–Kier alpha value is -2.64. The molecule has 0 spiro atoms. The van der Waals surface area contributed by atoms with E-state index in [9.17, 15) is 19.7 Å². The van der Waals surface area contributed by atoms with Crippen molar-refractivity contribution >= 4 is 17.7 Å². The molecule has 2 N–H and O–H groups in total. The molecular formula is C12H14N2O6. The smallest absolute Gasteiger partial charge is 0.407 e. The predicted molar refractivity (Wildman–Crippen MR) is 68.4 cm³/mol. The Balaban J connectivity index is 2.72. The van der Waals surface area contributed by atoms with Gasteiger partial charge in [0.2, 0.25) is 0 Å². The highest BCUT2D eigenvalue weighted by Crippen LogP contribution is 2.13. The second-order valence-electron chi connectivity index (χ2n) is 3.88. The third-order valence-electron chi connectivity index (χ3n) is 2.45. The number of nitro benzene ring substituents is 1. The number of non-ortho nitro benzene ring substituents is 1. The van der Waals surface area contributed by atoms with Crippen LogP contribution in [0.1, 0.15) is 12.5 Å². The average Bonchev–Trinajstić information content (AvgIpc) is 2.38. The van der Waals surface area contributed by atoms with Crippen molar-refractivity contribution in [3.8, 4) is 0 Å². The molecule has 0 heterocycles. The number of benzene rings is 1. The lowest BCUT2D eigenvalue weighted by Crippen LogP contribution is -2.42. The van der Waals surface area contributed by atoms with Crippen molar-refractivity contribution in [1.82, 2.24) is 5.32 Å². The Morgan fingerprint density at radius 3 is 2.45 bits per heavy atom. The van der Waals surface area contributed by atoms with E-state index < -0.39 is 23.0 Å². The van der Waals surface area contributed by atoms with E-state index in [0.29, 0.717) is 5.56 Å². The summed E-state index contributed by atoms with van der Waals surface area (Å²) in [5.41, 5.74) is 0.471. The Kier molecular flexibility index (Phi) is 5.45. The van der Waals surface area contributed by atoms with Gasteiger partial charge in [0.15, 0.2) is 0 Å². The first-order chi connectivity index (χ1) is 9.43.